The second kappa shape index (κ2) is 5.52. The average molecular weight is 354 g/mol. The Labute approximate surface area is 144 Å². The summed E-state index contributed by atoms with van der Waals surface area (Å²) in [5.74, 6) is 0.182. The largest absolute Gasteiger partial charge is 0.377 e. The lowest BCUT2D eigenvalue weighted by molar-refractivity contribution is 0.488. The maximum Gasteiger partial charge on any atom is 0.340 e. The molecule has 0 atom stereocenters. The number of para-hydroxylation sites is 1. The lowest BCUT2D eigenvalue weighted by Crippen LogP contribution is -2.10. The van der Waals surface area contributed by atoms with Gasteiger partial charge in [0.1, 0.15) is 10.4 Å². The first-order valence-corrected chi connectivity index (χ1v) is 8.94. The number of hydrogen-bond donors (Lipinski definition) is 0. The zero-order valence-corrected chi connectivity index (χ0v) is 14.4. The number of nitrogens with zero attached hydrogens (tertiary/aromatic N) is 4. The first kappa shape index (κ1) is 15.5. The number of fused-ring (bicyclic) bond motifs is 2. The molecule has 3 aromatic heterocycles. The molecule has 0 aliphatic rings. The lowest BCUT2D eigenvalue weighted by Gasteiger charge is -2.09. The van der Waals surface area contributed by atoms with E-state index in [0.29, 0.717) is 22.2 Å². The number of aryl methyl sites for hydroxylation is 2. The minimum Gasteiger partial charge on any atom is -0.377 e. The van der Waals surface area contributed by atoms with Crippen molar-refractivity contribution in [3.63, 3.8) is 0 Å². The second-order valence-electron chi connectivity index (χ2n) is 5.62. The zero-order valence-electron chi connectivity index (χ0n) is 13.5. The van der Waals surface area contributed by atoms with E-state index in [1.165, 1.54) is 12.3 Å². The molecule has 0 saturated carbocycles. The van der Waals surface area contributed by atoms with Crippen LogP contribution in [-0.2, 0) is 17.2 Å². The zero-order chi connectivity index (χ0) is 17.6. The molecule has 0 unspecified atom stereocenters. The van der Waals surface area contributed by atoms with Crippen LogP contribution in [0, 0.1) is 6.92 Å². The summed E-state index contributed by atoms with van der Waals surface area (Å²) in [6, 6.07) is 10.3. The third kappa shape index (κ3) is 2.60. The van der Waals surface area contributed by atoms with Crippen LogP contribution in [0.3, 0.4) is 0 Å². The summed E-state index contributed by atoms with van der Waals surface area (Å²) in [5, 5.41) is 5.71. The van der Waals surface area contributed by atoms with Gasteiger partial charge in [0.2, 0.25) is 0 Å². The van der Waals surface area contributed by atoms with Crippen molar-refractivity contribution in [2.24, 2.45) is 7.05 Å². The first-order valence-electron chi connectivity index (χ1n) is 7.53. The molecule has 0 bridgehead atoms. The predicted octanol–water partition coefficient (Wildman–Crippen LogP) is 2.59. The molecule has 0 aliphatic carbocycles. The van der Waals surface area contributed by atoms with E-state index in [9.17, 15) is 8.42 Å². The highest BCUT2D eigenvalue weighted by Gasteiger charge is 2.21. The van der Waals surface area contributed by atoms with E-state index in [1.54, 1.807) is 43.0 Å². The van der Waals surface area contributed by atoms with E-state index in [1.807, 2.05) is 12.1 Å². The molecule has 8 heteroatoms. The number of pyridine rings is 2. The van der Waals surface area contributed by atoms with Gasteiger partial charge in [-0.1, -0.05) is 18.2 Å². The minimum atomic E-state index is -4.04. The van der Waals surface area contributed by atoms with Crippen LogP contribution in [0.4, 0.5) is 0 Å². The van der Waals surface area contributed by atoms with Gasteiger partial charge in [-0.25, -0.2) is 4.98 Å². The highest BCUT2D eigenvalue weighted by Crippen LogP contribution is 2.27. The van der Waals surface area contributed by atoms with Crippen molar-refractivity contribution in [1.29, 1.82) is 0 Å². The van der Waals surface area contributed by atoms with Crippen LogP contribution in [0.5, 0.6) is 5.75 Å². The summed E-state index contributed by atoms with van der Waals surface area (Å²) in [5.41, 5.74) is 1.80. The molecule has 126 valence electrons. The standard InChI is InChI=1S/C17H14N4O3S/c1-11-14-9-13(10-19-17(14)21(2)20-11)25(22,23)24-15-7-3-5-12-6-4-8-18-16(12)15/h3-10H,1-2H3. The van der Waals surface area contributed by atoms with Gasteiger partial charge in [-0.05, 0) is 25.1 Å². The molecular formula is C17H14N4O3S. The van der Waals surface area contributed by atoms with Gasteiger partial charge >= 0.3 is 10.1 Å². The summed E-state index contributed by atoms with van der Waals surface area (Å²) in [6.45, 7) is 1.80. The van der Waals surface area contributed by atoms with Crippen LogP contribution >= 0.6 is 0 Å². The van der Waals surface area contributed by atoms with E-state index in [2.05, 4.69) is 15.1 Å². The third-order valence-electron chi connectivity index (χ3n) is 3.92. The molecule has 0 N–H and O–H groups in total. The van der Waals surface area contributed by atoms with Crippen LogP contribution in [0.25, 0.3) is 21.9 Å². The summed E-state index contributed by atoms with van der Waals surface area (Å²) in [6.07, 6.45) is 2.87. The maximum absolute atomic E-state index is 12.7. The molecule has 0 radical (unpaired) electrons. The van der Waals surface area contributed by atoms with Crippen LogP contribution in [0.15, 0.2) is 53.7 Å². The van der Waals surface area contributed by atoms with Crippen molar-refractivity contribution in [2.75, 3.05) is 0 Å². The Hall–Kier alpha value is -3.00. The number of benzene rings is 1. The monoisotopic (exact) mass is 354 g/mol. The fraction of sp³-hybridized carbons (Fsp3) is 0.118. The highest BCUT2D eigenvalue weighted by atomic mass is 32.2. The maximum atomic E-state index is 12.7. The quantitative estimate of drug-likeness (QED) is 0.526. The Morgan fingerprint density at radius 1 is 1.12 bits per heavy atom. The highest BCUT2D eigenvalue weighted by molar-refractivity contribution is 7.87. The molecule has 0 fully saturated rings. The van der Waals surface area contributed by atoms with Crippen LogP contribution in [-0.4, -0.2) is 28.2 Å². The molecule has 4 rings (SSSR count). The molecular weight excluding hydrogens is 340 g/mol. The SMILES string of the molecule is Cc1nn(C)c2ncc(S(=O)(=O)Oc3cccc4cccnc34)cc12. The van der Waals surface area contributed by atoms with Crippen LogP contribution in [0.2, 0.25) is 0 Å². The second-order valence-corrected chi connectivity index (χ2v) is 7.17. The molecule has 1 aromatic carbocycles. The van der Waals surface area contributed by atoms with Crippen molar-refractivity contribution in [2.45, 2.75) is 11.8 Å². The Balaban J connectivity index is 1.80. The van der Waals surface area contributed by atoms with Crippen molar-refractivity contribution in [3.8, 4) is 5.75 Å². The van der Waals surface area contributed by atoms with Crippen molar-refractivity contribution in [3.05, 3.63) is 54.5 Å². The molecule has 0 amide bonds. The van der Waals surface area contributed by atoms with Gasteiger partial charge in [-0.15, -0.1) is 0 Å². The van der Waals surface area contributed by atoms with Crippen LogP contribution < -0.4 is 4.18 Å². The average Bonchev–Trinajstić information content (AvgIpc) is 2.89. The third-order valence-corrected chi connectivity index (χ3v) is 5.12. The van der Waals surface area contributed by atoms with Gasteiger partial charge < -0.3 is 4.18 Å². The van der Waals surface area contributed by atoms with Gasteiger partial charge in [0.05, 0.1) is 11.9 Å². The fourth-order valence-corrected chi connectivity index (χ4v) is 3.65. The van der Waals surface area contributed by atoms with E-state index in [0.717, 1.165) is 5.39 Å². The van der Waals surface area contributed by atoms with Gasteiger partial charge in [0, 0.05) is 24.0 Å². The molecule has 7 nitrogen and oxygen atoms in total. The van der Waals surface area contributed by atoms with Crippen molar-refractivity contribution < 1.29 is 12.6 Å². The number of aromatic nitrogens is 4. The van der Waals surface area contributed by atoms with E-state index in [-0.39, 0.29) is 10.6 Å². The molecule has 0 aliphatic heterocycles. The number of hydrogen-bond acceptors (Lipinski definition) is 6. The van der Waals surface area contributed by atoms with Crippen molar-refractivity contribution in [1.82, 2.24) is 19.7 Å². The first-order chi connectivity index (χ1) is 12.0. The van der Waals surface area contributed by atoms with Crippen molar-refractivity contribution >= 4 is 32.1 Å². The Bertz CT molecular complexity index is 1210. The van der Waals surface area contributed by atoms with Gasteiger partial charge in [0.25, 0.3) is 0 Å². The Morgan fingerprint density at radius 2 is 1.92 bits per heavy atom. The molecule has 25 heavy (non-hydrogen) atoms. The Kier molecular flexibility index (Phi) is 3.43. The van der Waals surface area contributed by atoms with Gasteiger partial charge in [-0.2, -0.15) is 13.5 Å². The topological polar surface area (TPSA) is 87.0 Å². The predicted molar refractivity (Wildman–Crippen MR) is 92.8 cm³/mol. The number of rotatable bonds is 3. The minimum absolute atomic E-state index is 0.0240. The molecule has 0 spiro atoms. The Morgan fingerprint density at radius 3 is 2.76 bits per heavy atom. The van der Waals surface area contributed by atoms with Gasteiger partial charge in [0.15, 0.2) is 11.4 Å². The summed E-state index contributed by atoms with van der Waals surface area (Å²) >= 11 is 0. The van der Waals surface area contributed by atoms with E-state index in [4.69, 9.17) is 4.18 Å². The summed E-state index contributed by atoms with van der Waals surface area (Å²) in [7, 11) is -2.28. The normalized spacial score (nSPS) is 11.9. The van der Waals surface area contributed by atoms with E-state index >= 15 is 0 Å². The smallest absolute Gasteiger partial charge is 0.340 e. The lowest BCUT2D eigenvalue weighted by atomic mass is 10.2. The fourth-order valence-electron chi connectivity index (χ4n) is 2.74. The van der Waals surface area contributed by atoms with Crippen LogP contribution in [0.1, 0.15) is 5.69 Å². The molecule has 0 saturated heterocycles. The summed E-state index contributed by atoms with van der Waals surface area (Å²) < 4.78 is 32.3. The molecule has 4 aromatic rings. The summed E-state index contributed by atoms with van der Waals surface area (Å²) in [4.78, 5) is 8.38. The van der Waals surface area contributed by atoms with Gasteiger partial charge in [-0.3, -0.25) is 9.67 Å². The van der Waals surface area contributed by atoms with E-state index < -0.39 is 10.1 Å². The molecule has 3 heterocycles.